The quantitative estimate of drug-likeness (QED) is 0.284. The third kappa shape index (κ3) is 3.23. The summed E-state index contributed by atoms with van der Waals surface area (Å²) in [5.41, 5.74) is 0.0785. The second-order valence-corrected chi connectivity index (χ2v) is 9.52. The lowest BCUT2D eigenvalue weighted by Crippen LogP contribution is -2.34. The highest BCUT2D eigenvalue weighted by Crippen LogP contribution is 2.50. The van der Waals surface area contributed by atoms with Crippen molar-refractivity contribution in [3.8, 4) is 17.2 Å². The molecule has 0 amide bonds. The van der Waals surface area contributed by atoms with Crippen LogP contribution in [0.25, 0.3) is 32.5 Å². The molecule has 1 aromatic heterocycles. The molecule has 0 saturated carbocycles. The Balaban J connectivity index is 1.59. The van der Waals surface area contributed by atoms with Gasteiger partial charge in [-0.15, -0.1) is 0 Å². The predicted molar refractivity (Wildman–Crippen MR) is 140 cm³/mol. The number of methoxy groups -OCH3 is 2. The minimum atomic E-state index is -0.997. The lowest BCUT2D eigenvalue weighted by Gasteiger charge is -2.35. The molecule has 192 valence electrons. The summed E-state index contributed by atoms with van der Waals surface area (Å²) in [5, 5.41) is 24.5. The van der Waals surface area contributed by atoms with E-state index in [1.807, 2.05) is 31.2 Å². The number of carbonyl (C=O) groups is 2. The third-order valence-electron chi connectivity index (χ3n) is 7.38. The summed E-state index contributed by atoms with van der Waals surface area (Å²) in [4.78, 5) is 25.4. The number of rotatable bonds is 3. The molecule has 0 radical (unpaired) electrons. The highest BCUT2D eigenvalue weighted by Gasteiger charge is 2.41. The van der Waals surface area contributed by atoms with E-state index in [-0.39, 0.29) is 22.6 Å². The van der Waals surface area contributed by atoms with E-state index in [4.69, 9.17) is 18.6 Å². The summed E-state index contributed by atoms with van der Waals surface area (Å²) in [6.45, 7) is 1.87. The van der Waals surface area contributed by atoms with Gasteiger partial charge in [-0.05, 0) is 25.8 Å². The highest BCUT2D eigenvalue weighted by molar-refractivity contribution is 6.18. The predicted octanol–water partition coefficient (Wildman–Crippen LogP) is 5.96. The molecule has 8 nitrogen and oxygen atoms in total. The lowest BCUT2D eigenvalue weighted by molar-refractivity contribution is 0.0417. The Morgan fingerprint density at radius 3 is 2.03 bits per heavy atom. The van der Waals surface area contributed by atoms with Gasteiger partial charge in [0.1, 0.15) is 39.7 Å². The number of hydrogen-bond donors (Lipinski definition) is 2. The molecule has 0 saturated heterocycles. The average molecular weight is 513 g/mol. The minimum Gasteiger partial charge on any atom is -0.506 e. The Morgan fingerprint density at radius 1 is 0.816 bits per heavy atom. The molecule has 6 rings (SSSR count). The van der Waals surface area contributed by atoms with Gasteiger partial charge in [0.2, 0.25) is 0 Å². The van der Waals surface area contributed by atoms with Crippen molar-refractivity contribution in [1.82, 2.24) is 0 Å². The largest absolute Gasteiger partial charge is 0.506 e. The number of carbonyl (C=O) groups excluding carboxylic acids is 2. The number of ether oxygens (including phenoxy) is 3. The summed E-state index contributed by atoms with van der Waals surface area (Å²) in [6.07, 6.45) is 0.792. The fraction of sp³-hybridized carbons (Fsp3) is 0.200. The molecule has 2 N–H and O–H groups in total. The number of furan rings is 1. The maximum absolute atomic E-state index is 12.7. The SMILES string of the molecule is COC(=O)c1c2c(c3ccccc3c1O)O[C@](C)(c1cc3c(C(=O)OC)c(O)c4ccccc4c3o1)CC2. The topological polar surface area (TPSA) is 115 Å². The standard InChI is InChI=1S/C30H24O8/c1-30(13-12-19-22(28(33)35-2)24(31)16-9-5-7-11-18(16)27(19)38-30)21-14-20-23(29(34)36-3)25(32)15-8-4-6-10-17(15)26(20)37-21/h4-11,14,31-32H,12-13H2,1-3H3/t30-/m0/s1. The molecular weight excluding hydrogens is 488 g/mol. The smallest absolute Gasteiger partial charge is 0.342 e. The van der Waals surface area contributed by atoms with E-state index in [1.54, 1.807) is 30.3 Å². The van der Waals surface area contributed by atoms with E-state index in [0.717, 1.165) is 0 Å². The molecular formula is C30H24O8. The van der Waals surface area contributed by atoms with Gasteiger partial charge in [0.15, 0.2) is 5.60 Å². The van der Waals surface area contributed by atoms with Crippen molar-refractivity contribution in [3.05, 3.63) is 77.0 Å². The van der Waals surface area contributed by atoms with E-state index < -0.39 is 17.5 Å². The van der Waals surface area contributed by atoms with Crippen molar-refractivity contribution < 1.29 is 38.4 Å². The van der Waals surface area contributed by atoms with Crippen LogP contribution in [0, 0.1) is 0 Å². The zero-order valence-electron chi connectivity index (χ0n) is 21.0. The summed E-state index contributed by atoms with van der Waals surface area (Å²) in [7, 11) is 2.52. The fourth-order valence-corrected chi connectivity index (χ4v) is 5.43. The maximum Gasteiger partial charge on any atom is 0.342 e. The Morgan fingerprint density at radius 2 is 1.37 bits per heavy atom. The molecule has 1 aliphatic heterocycles. The Hall–Kier alpha value is -4.72. The van der Waals surface area contributed by atoms with E-state index in [0.29, 0.717) is 62.4 Å². The number of fused-ring (bicyclic) bond motifs is 6. The molecule has 0 spiro atoms. The Kier molecular flexibility index (Phi) is 5.24. The fourth-order valence-electron chi connectivity index (χ4n) is 5.43. The maximum atomic E-state index is 12.7. The van der Waals surface area contributed by atoms with Gasteiger partial charge in [0.05, 0.1) is 14.2 Å². The van der Waals surface area contributed by atoms with Crippen molar-refractivity contribution in [2.45, 2.75) is 25.4 Å². The van der Waals surface area contributed by atoms with Crippen molar-refractivity contribution in [3.63, 3.8) is 0 Å². The highest BCUT2D eigenvalue weighted by atomic mass is 16.5. The van der Waals surface area contributed by atoms with Crippen LogP contribution in [0.15, 0.2) is 59.0 Å². The van der Waals surface area contributed by atoms with Gasteiger partial charge in [0, 0.05) is 32.5 Å². The van der Waals surface area contributed by atoms with Crippen LogP contribution in [0.1, 0.15) is 45.4 Å². The van der Waals surface area contributed by atoms with E-state index in [2.05, 4.69) is 0 Å². The molecule has 4 aromatic carbocycles. The van der Waals surface area contributed by atoms with E-state index in [1.165, 1.54) is 14.2 Å². The van der Waals surface area contributed by atoms with E-state index >= 15 is 0 Å². The second-order valence-electron chi connectivity index (χ2n) is 9.52. The number of benzene rings is 4. The van der Waals surface area contributed by atoms with Crippen molar-refractivity contribution in [2.24, 2.45) is 0 Å². The summed E-state index contributed by atoms with van der Waals surface area (Å²) >= 11 is 0. The number of phenolic OH excluding ortho intramolecular Hbond substituents is 2. The van der Waals surface area contributed by atoms with Crippen LogP contribution < -0.4 is 4.74 Å². The zero-order valence-corrected chi connectivity index (χ0v) is 21.0. The van der Waals surface area contributed by atoms with Crippen LogP contribution in [-0.4, -0.2) is 36.4 Å². The van der Waals surface area contributed by atoms with Gasteiger partial charge in [0.25, 0.3) is 0 Å². The average Bonchev–Trinajstić information content (AvgIpc) is 3.39. The first-order chi connectivity index (χ1) is 18.3. The molecule has 5 aromatic rings. The van der Waals surface area contributed by atoms with Crippen LogP contribution in [0.2, 0.25) is 0 Å². The molecule has 0 fully saturated rings. The molecule has 1 atom stereocenters. The van der Waals surface area contributed by atoms with Gasteiger partial charge in [-0.25, -0.2) is 9.59 Å². The van der Waals surface area contributed by atoms with Gasteiger partial charge >= 0.3 is 11.9 Å². The number of aromatic hydroxyl groups is 2. The van der Waals surface area contributed by atoms with Gasteiger partial charge in [-0.1, -0.05) is 48.5 Å². The van der Waals surface area contributed by atoms with Gasteiger partial charge in [-0.3, -0.25) is 0 Å². The summed E-state index contributed by atoms with van der Waals surface area (Å²) < 4.78 is 22.9. The summed E-state index contributed by atoms with van der Waals surface area (Å²) in [5.74, 6) is -0.770. The molecule has 0 bridgehead atoms. The number of phenols is 2. The summed E-state index contributed by atoms with van der Waals surface area (Å²) in [6, 6.07) is 15.9. The van der Waals surface area contributed by atoms with Crippen molar-refractivity contribution in [2.75, 3.05) is 14.2 Å². The third-order valence-corrected chi connectivity index (χ3v) is 7.38. The van der Waals surface area contributed by atoms with Crippen LogP contribution in [0.4, 0.5) is 0 Å². The molecule has 38 heavy (non-hydrogen) atoms. The molecule has 1 aliphatic rings. The normalized spacial score (nSPS) is 16.8. The Labute approximate surface area is 216 Å². The monoisotopic (exact) mass is 512 g/mol. The van der Waals surface area contributed by atoms with Crippen LogP contribution in [0.5, 0.6) is 17.2 Å². The molecule has 8 heteroatoms. The first kappa shape index (κ1) is 23.7. The van der Waals surface area contributed by atoms with Gasteiger partial charge in [-0.2, -0.15) is 0 Å². The second kappa shape index (κ2) is 8.41. The van der Waals surface area contributed by atoms with E-state index in [9.17, 15) is 19.8 Å². The van der Waals surface area contributed by atoms with Crippen LogP contribution in [-0.2, 0) is 21.5 Å². The van der Waals surface area contributed by atoms with Crippen molar-refractivity contribution >= 4 is 44.5 Å². The first-order valence-corrected chi connectivity index (χ1v) is 12.1. The molecule has 0 aliphatic carbocycles. The van der Waals surface area contributed by atoms with Crippen molar-refractivity contribution in [1.29, 1.82) is 0 Å². The molecule has 0 unspecified atom stereocenters. The van der Waals surface area contributed by atoms with Crippen LogP contribution >= 0.6 is 0 Å². The minimum absolute atomic E-state index is 0.0133. The number of hydrogen-bond acceptors (Lipinski definition) is 8. The van der Waals surface area contributed by atoms with Gasteiger partial charge < -0.3 is 28.8 Å². The number of esters is 2. The molecule has 2 heterocycles. The Bertz CT molecular complexity index is 1800. The van der Waals surface area contributed by atoms with Crippen LogP contribution in [0.3, 0.4) is 0 Å². The zero-order chi connectivity index (χ0) is 26.8. The first-order valence-electron chi connectivity index (χ1n) is 12.1. The lowest BCUT2D eigenvalue weighted by atomic mass is 9.86.